The molecule has 0 bridgehead atoms. The van der Waals surface area contributed by atoms with Gasteiger partial charge in [0, 0.05) is 39.3 Å². The van der Waals surface area contributed by atoms with E-state index in [1.165, 1.54) is 23.1 Å². The molecular formula is C25H27Cl3F3N3O3. The summed E-state index contributed by atoms with van der Waals surface area (Å²) >= 11 is 12.3. The van der Waals surface area contributed by atoms with Crippen LogP contribution in [-0.4, -0.2) is 47.5 Å². The third-order valence-electron chi connectivity index (χ3n) is 7.16. The quantitative estimate of drug-likeness (QED) is 0.469. The van der Waals surface area contributed by atoms with Crippen LogP contribution in [0.3, 0.4) is 0 Å². The molecule has 2 aromatic rings. The molecule has 1 aliphatic heterocycles. The Labute approximate surface area is 228 Å². The van der Waals surface area contributed by atoms with Crippen molar-refractivity contribution in [3.8, 4) is 0 Å². The zero-order valence-electron chi connectivity index (χ0n) is 20.1. The zero-order valence-corrected chi connectivity index (χ0v) is 22.4. The number of hydrogen-bond acceptors (Lipinski definition) is 4. The highest BCUT2D eigenvalue weighted by atomic mass is 35.5. The van der Waals surface area contributed by atoms with Crippen molar-refractivity contribution in [3.63, 3.8) is 0 Å². The number of fused-ring (bicyclic) bond motifs is 1. The van der Waals surface area contributed by atoms with Crippen LogP contribution < -0.4 is 10.6 Å². The second kappa shape index (κ2) is 10.6. The Kier molecular flexibility index (Phi) is 8.47. The number of amides is 2. The molecule has 1 atom stereocenters. The van der Waals surface area contributed by atoms with E-state index in [-0.39, 0.29) is 39.6 Å². The summed E-state index contributed by atoms with van der Waals surface area (Å²) in [6.45, 7) is 6.59. The van der Waals surface area contributed by atoms with E-state index in [1.807, 2.05) is 13.8 Å². The maximum atomic E-state index is 14.3. The number of carbonyl (C=O) groups excluding carboxylic acids is 2. The van der Waals surface area contributed by atoms with Crippen LogP contribution in [0.5, 0.6) is 0 Å². The summed E-state index contributed by atoms with van der Waals surface area (Å²) in [6, 6.07) is 5.08. The Morgan fingerprint density at radius 3 is 2.32 bits per heavy atom. The molecule has 0 spiro atoms. The van der Waals surface area contributed by atoms with Crippen LogP contribution in [0.4, 0.5) is 18.9 Å². The number of primary amides is 1. The molecule has 6 nitrogen and oxygen atoms in total. The molecule has 1 saturated carbocycles. The first-order valence-corrected chi connectivity index (χ1v) is 12.4. The maximum absolute atomic E-state index is 14.3. The number of halogens is 6. The first kappa shape index (κ1) is 29.5. The first-order valence-electron chi connectivity index (χ1n) is 11.6. The lowest BCUT2D eigenvalue weighted by Crippen LogP contribution is -2.52. The Balaban J connectivity index is 0.00000380. The first-order chi connectivity index (χ1) is 16.8. The molecule has 2 aromatic carbocycles. The topological polar surface area (TPSA) is 86.9 Å². The fraction of sp³-hybridized carbons (Fsp3) is 0.440. The number of carbonyl (C=O) groups is 2. The molecule has 0 radical (unpaired) electrons. The van der Waals surface area contributed by atoms with Crippen molar-refractivity contribution >= 4 is 53.1 Å². The highest BCUT2D eigenvalue weighted by molar-refractivity contribution is 6.35. The number of rotatable bonds is 7. The van der Waals surface area contributed by atoms with Crippen LogP contribution >= 0.6 is 35.6 Å². The molecule has 3 N–H and O–H groups in total. The number of benzene rings is 2. The number of aliphatic hydroxyl groups is 1. The number of alkyl halides is 3. The van der Waals surface area contributed by atoms with Gasteiger partial charge in [0.2, 0.25) is 5.91 Å². The van der Waals surface area contributed by atoms with Crippen molar-refractivity contribution in [1.82, 2.24) is 4.90 Å². The summed E-state index contributed by atoms with van der Waals surface area (Å²) in [5.74, 6) is -1.80. The summed E-state index contributed by atoms with van der Waals surface area (Å²) in [6.07, 6.45) is -3.92. The molecule has 2 aliphatic rings. The van der Waals surface area contributed by atoms with Crippen molar-refractivity contribution < 1.29 is 27.9 Å². The minimum absolute atomic E-state index is 0. The smallest absolute Gasteiger partial charge is 0.372 e. The maximum Gasteiger partial charge on any atom is 0.416 e. The highest BCUT2D eigenvalue weighted by Gasteiger charge is 2.59. The molecule has 12 heteroatoms. The van der Waals surface area contributed by atoms with E-state index in [0.29, 0.717) is 18.9 Å². The predicted molar refractivity (Wildman–Crippen MR) is 138 cm³/mol. The highest BCUT2D eigenvalue weighted by Crippen LogP contribution is 2.54. The van der Waals surface area contributed by atoms with Crippen LogP contribution in [0.25, 0.3) is 0 Å². The summed E-state index contributed by atoms with van der Waals surface area (Å²) in [5, 5.41) is 11.8. The van der Waals surface area contributed by atoms with Crippen LogP contribution in [0.1, 0.15) is 53.7 Å². The lowest BCUT2D eigenvalue weighted by molar-refractivity contribution is -0.142. The van der Waals surface area contributed by atoms with Crippen molar-refractivity contribution in [1.29, 1.82) is 0 Å². The molecule has 0 saturated heterocycles. The number of nitrogens with zero attached hydrogens (tertiary/aromatic N) is 2. The molecule has 4 rings (SSSR count). The summed E-state index contributed by atoms with van der Waals surface area (Å²) in [7, 11) is 0. The van der Waals surface area contributed by atoms with E-state index in [9.17, 15) is 27.9 Å². The van der Waals surface area contributed by atoms with Gasteiger partial charge in [-0.1, -0.05) is 43.1 Å². The largest absolute Gasteiger partial charge is 0.416 e. The zero-order chi connectivity index (χ0) is 26.6. The minimum Gasteiger partial charge on any atom is -0.372 e. The molecule has 2 amide bonds. The van der Waals surface area contributed by atoms with E-state index in [0.717, 1.165) is 25.7 Å². The van der Waals surface area contributed by atoms with Crippen molar-refractivity contribution in [2.75, 3.05) is 24.5 Å². The monoisotopic (exact) mass is 579 g/mol. The summed E-state index contributed by atoms with van der Waals surface area (Å²) < 4.78 is 42.9. The Hall–Kier alpha value is -2.04. The van der Waals surface area contributed by atoms with Gasteiger partial charge < -0.3 is 20.6 Å². The molecular weight excluding hydrogens is 554 g/mol. The van der Waals surface area contributed by atoms with Crippen molar-refractivity contribution in [2.45, 2.75) is 44.5 Å². The van der Waals surface area contributed by atoms with E-state index in [1.54, 1.807) is 0 Å². The van der Waals surface area contributed by atoms with Gasteiger partial charge in [-0.05, 0) is 56.1 Å². The van der Waals surface area contributed by atoms with Gasteiger partial charge in [0.05, 0.1) is 11.3 Å². The molecule has 1 fully saturated rings. The SMILES string of the molecule is CCN(CC)C[C@H]1C[C@H](N2C(=O)C(O)(c3ccc(Cl)cc3Cl)c3c2cc(C(N)=O)cc3C(F)(F)F)C1.Cl. The van der Waals surface area contributed by atoms with Crippen molar-refractivity contribution in [2.24, 2.45) is 11.7 Å². The third kappa shape index (κ3) is 5.04. The number of hydrogen-bond donors (Lipinski definition) is 2. The normalized spacial score (nSPS) is 23.1. The van der Waals surface area contributed by atoms with E-state index in [4.69, 9.17) is 28.9 Å². The van der Waals surface area contributed by atoms with Gasteiger partial charge in [-0.2, -0.15) is 13.2 Å². The molecule has 0 aromatic heterocycles. The van der Waals surface area contributed by atoms with E-state index < -0.39 is 46.3 Å². The second-order valence-corrected chi connectivity index (χ2v) is 10.1. The average Bonchev–Trinajstić information content (AvgIpc) is 2.99. The van der Waals surface area contributed by atoms with E-state index in [2.05, 4.69) is 4.90 Å². The number of anilines is 1. The molecule has 202 valence electrons. The van der Waals surface area contributed by atoms with Crippen molar-refractivity contribution in [3.05, 3.63) is 62.6 Å². The van der Waals surface area contributed by atoms with Gasteiger partial charge in [-0.15, -0.1) is 12.4 Å². The molecule has 1 unspecified atom stereocenters. The molecule has 1 heterocycles. The lowest BCUT2D eigenvalue weighted by atomic mass is 9.78. The Morgan fingerprint density at radius 2 is 1.81 bits per heavy atom. The lowest BCUT2D eigenvalue weighted by Gasteiger charge is -2.43. The van der Waals surface area contributed by atoms with Gasteiger partial charge in [0.15, 0.2) is 5.60 Å². The van der Waals surface area contributed by atoms with Crippen LogP contribution in [0.15, 0.2) is 30.3 Å². The second-order valence-electron chi connectivity index (χ2n) is 9.27. The third-order valence-corrected chi connectivity index (χ3v) is 7.71. The average molecular weight is 581 g/mol. The number of nitrogens with two attached hydrogens (primary N) is 1. The fourth-order valence-corrected chi connectivity index (χ4v) is 5.80. The Morgan fingerprint density at radius 1 is 1.19 bits per heavy atom. The van der Waals surface area contributed by atoms with Crippen LogP contribution in [0.2, 0.25) is 10.0 Å². The Bertz CT molecular complexity index is 1220. The minimum atomic E-state index is -5.00. The summed E-state index contributed by atoms with van der Waals surface area (Å²) in [4.78, 5) is 29.2. The molecule has 1 aliphatic carbocycles. The van der Waals surface area contributed by atoms with Gasteiger partial charge in [-0.25, -0.2) is 0 Å². The van der Waals surface area contributed by atoms with Gasteiger partial charge >= 0.3 is 6.18 Å². The van der Waals surface area contributed by atoms with Crippen LogP contribution in [0, 0.1) is 5.92 Å². The summed E-state index contributed by atoms with van der Waals surface area (Å²) in [5.41, 5.74) is -0.213. The van der Waals surface area contributed by atoms with Gasteiger partial charge in [0.1, 0.15) is 0 Å². The van der Waals surface area contributed by atoms with Gasteiger partial charge in [-0.3, -0.25) is 9.59 Å². The molecule has 37 heavy (non-hydrogen) atoms. The van der Waals surface area contributed by atoms with Crippen LogP contribution in [-0.2, 0) is 16.6 Å². The van der Waals surface area contributed by atoms with Gasteiger partial charge in [0.25, 0.3) is 5.91 Å². The van der Waals surface area contributed by atoms with E-state index >= 15 is 0 Å². The fourth-order valence-electron chi connectivity index (χ4n) is 5.26. The standard InChI is InChI=1S/C25H26Cl2F3N3O3.ClH/c1-3-32(4-2)12-13-7-16(8-13)33-20-10-14(22(31)34)9-18(25(28,29)30)21(20)24(36,23(33)35)17-6-5-15(26)11-19(17)27;/h5-6,9-11,13,16,36H,3-4,7-8,12H2,1-2H3,(H2,31,34);1H/t13-,16-,24?;. The predicted octanol–water partition coefficient (Wildman–Crippen LogP) is 5.24.